The first kappa shape index (κ1) is 19.8. The van der Waals surface area contributed by atoms with Gasteiger partial charge in [-0.3, -0.25) is 4.79 Å². The Balaban J connectivity index is 2.62. The van der Waals surface area contributed by atoms with Crippen LogP contribution in [0, 0.1) is 0 Å². The van der Waals surface area contributed by atoms with Gasteiger partial charge in [-0.2, -0.15) is 0 Å². The normalized spacial score (nSPS) is 27.4. The van der Waals surface area contributed by atoms with Crippen molar-refractivity contribution in [3.8, 4) is 0 Å². The van der Waals surface area contributed by atoms with Crippen LogP contribution in [0.2, 0.25) is 0 Å². The number of carbonyl (C=O) groups is 2. The number of esters is 1. The Morgan fingerprint density at radius 2 is 1.61 bits per heavy atom. The molecule has 0 aromatic rings. The lowest BCUT2D eigenvalue weighted by molar-refractivity contribution is -0.143. The van der Waals surface area contributed by atoms with Gasteiger partial charge in [-0.25, -0.2) is 4.79 Å². The van der Waals surface area contributed by atoms with Crippen LogP contribution in [-0.2, 0) is 23.8 Å². The first-order valence-corrected chi connectivity index (χ1v) is 8.66. The molecule has 0 fully saturated rings. The van der Waals surface area contributed by atoms with E-state index in [0.29, 0.717) is 6.42 Å². The quantitative estimate of drug-likeness (QED) is 0.586. The van der Waals surface area contributed by atoms with Gasteiger partial charge < -0.3 is 14.2 Å². The fourth-order valence-corrected chi connectivity index (χ4v) is 2.66. The second-order valence-electron chi connectivity index (χ2n) is 6.10. The molecule has 1 aliphatic heterocycles. The molecule has 0 bridgehead atoms. The third-order valence-corrected chi connectivity index (χ3v) is 3.98. The molecule has 0 aromatic heterocycles. The van der Waals surface area contributed by atoms with E-state index in [0.717, 1.165) is 25.7 Å². The van der Waals surface area contributed by atoms with Gasteiger partial charge >= 0.3 is 5.97 Å². The van der Waals surface area contributed by atoms with Crippen molar-refractivity contribution < 1.29 is 23.8 Å². The Labute approximate surface area is 139 Å². The summed E-state index contributed by atoms with van der Waals surface area (Å²) in [5, 5.41) is 0. The van der Waals surface area contributed by atoms with Crippen LogP contribution < -0.4 is 0 Å². The molecule has 132 valence electrons. The van der Waals surface area contributed by atoms with E-state index in [1.54, 1.807) is 0 Å². The number of methoxy groups -OCH3 is 1. The fraction of sp³-hybridized carbons (Fsp3) is 0.778. The van der Waals surface area contributed by atoms with Crippen molar-refractivity contribution in [1.29, 1.82) is 0 Å². The molecule has 0 aliphatic carbocycles. The number of ketones is 1. The molecule has 0 spiro atoms. The number of hydrogen-bond donors (Lipinski definition) is 0. The Bertz CT molecular complexity index is 378. The molecular weight excluding hydrogens is 296 g/mol. The Morgan fingerprint density at radius 1 is 1.00 bits per heavy atom. The second-order valence-corrected chi connectivity index (χ2v) is 6.10. The van der Waals surface area contributed by atoms with Gasteiger partial charge in [-0.05, 0) is 32.3 Å². The van der Waals surface area contributed by atoms with Gasteiger partial charge in [0.25, 0.3) is 0 Å². The highest BCUT2D eigenvalue weighted by Gasteiger charge is 2.17. The third kappa shape index (κ3) is 9.51. The molecule has 0 saturated carbocycles. The standard InChI is InChI=1S/C18H30O5/c1-15-10-8-6-4-3-5-7-9-11-17(22-14-21-2)16(19)12-13-18(20)23-15/h12-13,15,17H,3-11,14H2,1-2H3/b13-12+/t15-,17+/m1/s1. The van der Waals surface area contributed by atoms with Crippen LogP contribution in [0.15, 0.2) is 12.2 Å². The van der Waals surface area contributed by atoms with Gasteiger partial charge in [-0.1, -0.05) is 38.5 Å². The zero-order chi connectivity index (χ0) is 16.9. The molecule has 0 saturated heterocycles. The molecular formula is C18H30O5. The molecule has 1 heterocycles. The molecule has 1 rings (SSSR count). The molecule has 0 aromatic carbocycles. The summed E-state index contributed by atoms with van der Waals surface area (Å²) in [7, 11) is 1.52. The summed E-state index contributed by atoms with van der Waals surface area (Å²) < 4.78 is 15.6. The molecule has 23 heavy (non-hydrogen) atoms. The number of hydrogen-bond acceptors (Lipinski definition) is 5. The van der Waals surface area contributed by atoms with Gasteiger partial charge in [-0.15, -0.1) is 0 Å². The minimum atomic E-state index is -0.552. The molecule has 0 N–H and O–H groups in total. The maximum atomic E-state index is 12.2. The largest absolute Gasteiger partial charge is 0.460 e. The minimum absolute atomic E-state index is 0.0751. The first-order chi connectivity index (χ1) is 11.1. The first-order valence-electron chi connectivity index (χ1n) is 8.66. The highest BCUT2D eigenvalue weighted by molar-refractivity contribution is 5.98. The smallest absolute Gasteiger partial charge is 0.331 e. The Kier molecular flexibility index (Phi) is 10.6. The van der Waals surface area contributed by atoms with Crippen LogP contribution in [0.3, 0.4) is 0 Å². The molecule has 2 atom stereocenters. The van der Waals surface area contributed by atoms with Crippen molar-refractivity contribution in [3.05, 3.63) is 12.2 Å². The zero-order valence-corrected chi connectivity index (χ0v) is 14.4. The lowest BCUT2D eigenvalue weighted by Crippen LogP contribution is -2.24. The highest BCUT2D eigenvalue weighted by atomic mass is 16.7. The van der Waals surface area contributed by atoms with Crippen LogP contribution in [0.5, 0.6) is 0 Å². The summed E-state index contributed by atoms with van der Waals surface area (Å²) >= 11 is 0. The average Bonchev–Trinajstić information content (AvgIpc) is 2.52. The van der Waals surface area contributed by atoms with Gasteiger partial charge in [0.1, 0.15) is 12.9 Å². The third-order valence-electron chi connectivity index (χ3n) is 3.98. The maximum Gasteiger partial charge on any atom is 0.331 e. The summed E-state index contributed by atoms with van der Waals surface area (Å²) in [5.74, 6) is -0.679. The maximum absolute atomic E-state index is 12.2. The summed E-state index contributed by atoms with van der Waals surface area (Å²) in [6, 6.07) is 0. The predicted molar refractivity (Wildman–Crippen MR) is 88.0 cm³/mol. The summed E-state index contributed by atoms with van der Waals surface area (Å²) in [6.45, 7) is 1.97. The molecule has 5 heteroatoms. The Hall–Kier alpha value is -1.20. The van der Waals surface area contributed by atoms with E-state index in [9.17, 15) is 9.59 Å². The predicted octanol–water partition coefficient (Wildman–Crippen LogP) is 3.56. The summed E-state index contributed by atoms with van der Waals surface area (Å²) in [5.41, 5.74) is 0. The van der Waals surface area contributed by atoms with Crippen molar-refractivity contribution in [1.82, 2.24) is 0 Å². The zero-order valence-electron chi connectivity index (χ0n) is 14.4. The molecule has 0 radical (unpaired) electrons. The van der Waals surface area contributed by atoms with Crippen LogP contribution >= 0.6 is 0 Å². The van der Waals surface area contributed by atoms with E-state index in [2.05, 4.69) is 0 Å². The molecule has 0 amide bonds. The van der Waals surface area contributed by atoms with E-state index in [4.69, 9.17) is 14.2 Å². The van der Waals surface area contributed by atoms with Gasteiger partial charge in [0.2, 0.25) is 0 Å². The Morgan fingerprint density at radius 3 is 2.26 bits per heavy atom. The van der Waals surface area contributed by atoms with E-state index >= 15 is 0 Å². The highest BCUT2D eigenvalue weighted by Crippen LogP contribution is 2.14. The van der Waals surface area contributed by atoms with Crippen molar-refractivity contribution in [3.63, 3.8) is 0 Å². The lowest BCUT2D eigenvalue weighted by atomic mass is 10.0. The number of carbonyl (C=O) groups excluding carboxylic acids is 2. The number of cyclic esters (lactones) is 1. The van der Waals surface area contributed by atoms with Gasteiger partial charge in [0.15, 0.2) is 5.78 Å². The van der Waals surface area contributed by atoms with Gasteiger partial charge in [0, 0.05) is 13.2 Å². The number of rotatable bonds is 3. The molecule has 1 aliphatic rings. The summed E-state index contributed by atoms with van der Waals surface area (Å²) in [6.07, 6.45) is 11.2. The summed E-state index contributed by atoms with van der Waals surface area (Å²) in [4.78, 5) is 23.9. The lowest BCUT2D eigenvalue weighted by Gasteiger charge is -2.15. The molecule has 0 unspecified atom stereocenters. The van der Waals surface area contributed by atoms with E-state index in [-0.39, 0.29) is 18.7 Å². The number of ether oxygens (including phenoxy) is 3. The monoisotopic (exact) mass is 326 g/mol. The van der Waals surface area contributed by atoms with E-state index in [1.807, 2.05) is 6.92 Å². The van der Waals surface area contributed by atoms with Crippen molar-refractivity contribution in [2.45, 2.75) is 76.9 Å². The fourth-order valence-electron chi connectivity index (χ4n) is 2.66. The van der Waals surface area contributed by atoms with Gasteiger partial charge in [0.05, 0.1) is 6.10 Å². The minimum Gasteiger partial charge on any atom is -0.460 e. The van der Waals surface area contributed by atoms with Crippen LogP contribution in [0.4, 0.5) is 0 Å². The average molecular weight is 326 g/mol. The van der Waals surface area contributed by atoms with Crippen molar-refractivity contribution in [2.75, 3.05) is 13.9 Å². The van der Waals surface area contributed by atoms with E-state index in [1.165, 1.54) is 44.9 Å². The SMILES string of the molecule is COCO[C@H]1CCCCCCCCC[C@@H](C)OC(=O)/C=C/C1=O. The second kappa shape index (κ2) is 12.3. The van der Waals surface area contributed by atoms with Crippen molar-refractivity contribution in [2.24, 2.45) is 0 Å². The molecule has 5 nitrogen and oxygen atoms in total. The van der Waals surface area contributed by atoms with Crippen LogP contribution in [0.25, 0.3) is 0 Å². The van der Waals surface area contributed by atoms with Crippen LogP contribution in [-0.4, -0.2) is 37.9 Å². The topological polar surface area (TPSA) is 61.8 Å². The van der Waals surface area contributed by atoms with E-state index < -0.39 is 12.1 Å². The van der Waals surface area contributed by atoms with Crippen LogP contribution in [0.1, 0.15) is 64.7 Å². The van der Waals surface area contributed by atoms with Crippen molar-refractivity contribution >= 4 is 11.8 Å².